The number of aliphatic carboxylic acids is 1. The van der Waals surface area contributed by atoms with E-state index in [4.69, 9.17) is 10.2 Å². The normalized spacial score (nSPS) is 10.3. The predicted molar refractivity (Wildman–Crippen MR) is 62.4 cm³/mol. The van der Waals surface area contributed by atoms with Crippen LogP contribution in [0.4, 0.5) is 0 Å². The first kappa shape index (κ1) is 12.7. The Balaban J connectivity index is 2.56. The van der Waals surface area contributed by atoms with Crippen LogP contribution in [0.2, 0.25) is 0 Å². The van der Waals surface area contributed by atoms with Gasteiger partial charge in [0.05, 0.1) is 0 Å². The van der Waals surface area contributed by atoms with Gasteiger partial charge in [-0.1, -0.05) is 24.3 Å². The number of hydrogen-bond acceptors (Lipinski definition) is 2. The zero-order chi connectivity index (χ0) is 11.8. The molecule has 0 heterocycles. The second-order valence-corrected chi connectivity index (χ2v) is 3.84. The van der Waals surface area contributed by atoms with Crippen molar-refractivity contribution in [2.24, 2.45) is 0 Å². The summed E-state index contributed by atoms with van der Waals surface area (Å²) in [6, 6.07) is 7.93. The first-order valence-electron chi connectivity index (χ1n) is 5.63. The van der Waals surface area contributed by atoms with E-state index in [1.807, 2.05) is 24.3 Å². The molecule has 0 radical (unpaired) electrons. The van der Waals surface area contributed by atoms with Gasteiger partial charge in [-0.05, 0) is 36.8 Å². The molecule has 3 heteroatoms. The summed E-state index contributed by atoms with van der Waals surface area (Å²) in [4.78, 5) is 10.5. The molecular weight excluding hydrogens is 204 g/mol. The van der Waals surface area contributed by atoms with E-state index in [2.05, 4.69) is 0 Å². The molecule has 2 N–H and O–H groups in total. The molecule has 0 unspecified atom stereocenters. The molecule has 0 aliphatic carbocycles. The molecule has 1 aromatic carbocycles. The van der Waals surface area contributed by atoms with Gasteiger partial charge in [-0.25, -0.2) is 0 Å². The van der Waals surface area contributed by atoms with Crippen LogP contribution < -0.4 is 0 Å². The van der Waals surface area contributed by atoms with Crippen molar-refractivity contribution < 1.29 is 15.0 Å². The van der Waals surface area contributed by atoms with E-state index in [1.165, 1.54) is 5.56 Å². The number of benzene rings is 1. The zero-order valence-corrected chi connectivity index (χ0v) is 9.35. The van der Waals surface area contributed by atoms with Gasteiger partial charge in [-0.15, -0.1) is 0 Å². The molecule has 0 saturated carbocycles. The van der Waals surface area contributed by atoms with Crippen LogP contribution in [0.1, 0.15) is 30.4 Å². The summed E-state index contributed by atoms with van der Waals surface area (Å²) in [7, 11) is 0. The van der Waals surface area contributed by atoms with Crippen LogP contribution in [-0.4, -0.2) is 22.8 Å². The lowest BCUT2D eigenvalue weighted by Crippen LogP contribution is -2.01. The molecule has 0 aromatic heterocycles. The molecule has 0 saturated heterocycles. The molecule has 0 aliphatic heterocycles. The van der Waals surface area contributed by atoms with Gasteiger partial charge in [0, 0.05) is 13.0 Å². The molecule has 1 aromatic rings. The second kappa shape index (κ2) is 7.01. The molecule has 0 fully saturated rings. The number of unbranched alkanes of at least 4 members (excludes halogenated alkanes) is 1. The second-order valence-electron chi connectivity index (χ2n) is 3.84. The highest BCUT2D eigenvalue weighted by molar-refractivity contribution is 5.67. The fourth-order valence-corrected chi connectivity index (χ4v) is 1.71. The highest BCUT2D eigenvalue weighted by Gasteiger charge is 2.04. The average Bonchev–Trinajstić information content (AvgIpc) is 2.28. The number of aryl methyl sites for hydroxylation is 2. The first-order valence-corrected chi connectivity index (χ1v) is 5.63. The molecule has 1 rings (SSSR count). The smallest absolute Gasteiger partial charge is 0.303 e. The lowest BCUT2D eigenvalue weighted by molar-refractivity contribution is -0.136. The molecule has 0 bridgehead atoms. The van der Waals surface area contributed by atoms with Gasteiger partial charge in [0.2, 0.25) is 0 Å². The minimum Gasteiger partial charge on any atom is -0.481 e. The maximum Gasteiger partial charge on any atom is 0.303 e. The molecule has 0 spiro atoms. The molecule has 88 valence electrons. The van der Waals surface area contributed by atoms with Gasteiger partial charge in [0.1, 0.15) is 0 Å². The fraction of sp³-hybridized carbons (Fsp3) is 0.462. The van der Waals surface area contributed by atoms with Crippen LogP contribution in [0.25, 0.3) is 0 Å². The largest absolute Gasteiger partial charge is 0.481 e. The van der Waals surface area contributed by atoms with Crippen molar-refractivity contribution in [3.63, 3.8) is 0 Å². The van der Waals surface area contributed by atoms with E-state index in [1.54, 1.807) is 0 Å². The van der Waals surface area contributed by atoms with Crippen molar-refractivity contribution in [2.75, 3.05) is 6.61 Å². The van der Waals surface area contributed by atoms with Gasteiger partial charge in [0.15, 0.2) is 0 Å². The molecule has 0 amide bonds. The summed E-state index contributed by atoms with van der Waals surface area (Å²) < 4.78 is 0. The molecule has 0 atom stereocenters. The van der Waals surface area contributed by atoms with Gasteiger partial charge in [0.25, 0.3) is 0 Å². The summed E-state index contributed by atoms with van der Waals surface area (Å²) >= 11 is 0. The zero-order valence-electron chi connectivity index (χ0n) is 9.35. The van der Waals surface area contributed by atoms with E-state index in [9.17, 15) is 4.79 Å². The lowest BCUT2D eigenvalue weighted by Gasteiger charge is -2.07. The monoisotopic (exact) mass is 222 g/mol. The number of carboxylic acids is 1. The Morgan fingerprint density at radius 3 is 2.25 bits per heavy atom. The van der Waals surface area contributed by atoms with Crippen LogP contribution in [0.15, 0.2) is 24.3 Å². The number of carboxylic acid groups (broad SMARTS) is 1. The number of hydrogen-bond donors (Lipinski definition) is 2. The minimum absolute atomic E-state index is 0.178. The highest BCUT2D eigenvalue weighted by atomic mass is 16.4. The van der Waals surface area contributed by atoms with Crippen molar-refractivity contribution in [2.45, 2.75) is 32.1 Å². The maximum atomic E-state index is 10.5. The summed E-state index contributed by atoms with van der Waals surface area (Å²) in [6.07, 6.45) is 3.42. The van der Waals surface area contributed by atoms with Gasteiger partial charge in [-0.2, -0.15) is 0 Å². The van der Waals surface area contributed by atoms with Crippen LogP contribution in [-0.2, 0) is 17.6 Å². The van der Waals surface area contributed by atoms with Crippen LogP contribution in [0.3, 0.4) is 0 Å². The van der Waals surface area contributed by atoms with E-state index >= 15 is 0 Å². The lowest BCUT2D eigenvalue weighted by atomic mass is 9.98. The van der Waals surface area contributed by atoms with Crippen molar-refractivity contribution in [3.05, 3.63) is 35.4 Å². The van der Waals surface area contributed by atoms with E-state index < -0.39 is 5.97 Å². The predicted octanol–water partition coefficient (Wildman–Crippen LogP) is 2.02. The molecule has 16 heavy (non-hydrogen) atoms. The Hall–Kier alpha value is -1.35. The Kier molecular flexibility index (Phi) is 5.57. The Morgan fingerprint density at radius 2 is 1.69 bits per heavy atom. The Bertz CT molecular complexity index is 334. The number of rotatable bonds is 7. The van der Waals surface area contributed by atoms with E-state index in [-0.39, 0.29) is 13.0 Å². The van der Waals surface area contributed by atoms with Crippen LogP contribution in [0, 0.1) is 0 Å². The number of aliphatic hydroxyl groups is 1. The fourth-order valence-electron chi connectivity index (χ4n) is 1.71. The SMILES string of the molecule is O=C(O)CCc1ccccc1CCCCO. The molecule has 0 aliphatic rings. The van der Waals surface area contributed by atoms with Gasteiger partial charge < -0.3 is 10.2 Å². The van der Waals surface area contributed by atoms with Crippen molar-refractivity contribution in [3.8, 4) is 0 Å². The van der Waals surface area contributed by atoms with Crippen molar-refractivity contribution >= 4 is 5.97 Å². The third-order valence-electron chi connectivity index (χ3n) is 2.58. The number of aliphatic hydroxyl groups excluding tert-OH is 1. The van der Waals surface area contributed by atoms with E-state index in [0.29, 0.717) is 6.42 Å². The van der Waals surface area contributed by atoms with Crippen LogP contribution in [0.5, 0.6) is 0 Å². The standard InChI is InChI=1S/C13H18O3/c14-10-4-3-7-11-5-1-2-6-12(11)8-9-13(15)16/h1-2,5-6,14H,3-4,7-10H2,(H,15,16). The molecular formula is C13H18O3. The minimum atomic E-state index is -0.759. The maximum absolute atomic E-state index is 10.5. The number of carbonyl (C=O) groups is 1. The van der Waals surface area contributed by atoms with Crippen LogP contribution >= 0.6 is 0 Å². The third kappa shape index (κ3) is 4.45. The highest BCUT2D eigenvalue weighted by Crippen LogP contribution is 2.14. The van der Waals surface area contributed by atoms with Gasteiger partial charge >= 0.3 is 5.97 Å². The average molecular weight is 222 g/mol. The third-order valence-corrected chi connectivity index (χ3v) is 2.58. The molecule has 3 nitrogen and oxygen atoms in total. The Morgan fingerprint density at radius 1 is 1.06 bits per heavy atom. The topological polar surface area (TPSA) is 57.5 Å². The summed E-state index contributed by atoms with van der Waals surface area (Å²) in [5, 5.41) is 17.4. The quantitative estimate of drug-likeness (QED) is 0.694. The summed E-state index contributed by atoms with van der Waals surface area (Å²) in [5.41, 5.74) is 2.32. The first-order chi connectivity index (χ1) is 7.74. The summed E-state index contributed by atoms with van der Waals surface area (Å²) in [6.45, 7) is 0.220. The van der Waals surface area contributed by atoms with Crippen molar-refractivity contribution in [1.82, 2.24) is 0 Å². The van der Waals surface area contributed by atoms with Crippen molar-refractivity contribution in [1.29, 1.82) is 0 Å². The summed E-state index contributed by atoms with van der Waals surface area (Å²) in [5.74, 6) is -0.759. The van der Waals surface area contributed by atoms with E-state index in [0.717, 1.165) is 24.8 Å². The Labute approximate surface area is 95.7 Å². The van der Waals surface area contributed by atoms with Gasteiger partial charge in [-0.3, -0.25) is 4.79 Å².